The lowest BCUT2D eigenvalue weighted by atomic mass is 10.2. The summed E-state index contributed by atoms with van der Waals surface area (Å²) >= 11 is 1.20. The number of hydrogen-bond acceptors (Lipinski definition) is 6. The molecule has 0 spiro atoms. The van der Waals surface area contributed by atoms with Crippen molar-refractivity contribution in [2.24, 2.45) is 0 Å². The van der Waals surface area contributed by atoms with Gasteiger partial charge in [-0.3, -0.25) is 4.79 Å². The van der Waals surface area contributed by atoms with E-state index in [0.29, 0.717) is 16.4 Å². The zero-order chi connectivity index (χ0) is 14.4. The highest BCUT2D eigenvalue weighted by Crippen LogP contribution is 2.17. The smallest absolute Gasteiger partial charge is 0.286 e. The molecule has 6 nitrogen and oxygen atoms in total. The van der Waals surface area contributed by atoms with Gasteiger partial charge in [0.15, 0.2) is 0 Å². The Kier molecular flexibility index (Phi) is 4.63. The molecule has 0 saturated carbocycles. The van der Waals surface area contributed by atoms with Gasteiger partial charge in [-0.15, -0.1) is 10.2 Å². The molecule has 2 rings (SSSR count). The van der Waals surface area contributed by atoms with Crippen LogP contribution in [0.3, 0.4) is 0 Å². The lowest BCUT2D eigenvalue weighted by Crippen LogP contribution is -2.11. The second-order valence-corrected chi connectivity index (χ2v) is 4.96. The van der Waals surface area contributed by atoms with Gasteiger partial charge in [0.2, 0.25) is 10.1 Å². The molecule has 102 valence electrons. The number of aromatic nitrogens is 2. The number of benzene rings is 1. The first-order valence-electron chi connectivity index (χ1n) is 6.12. The van der Waals surface area contributed by atoms with Crippen LogP contribution in [-0.2, 0) is 0 Å². The van der Waals surface area contributed by atoms with Crippen LogP contribution in [0.1, 0.15) is 28.7 Å². The largest absolute Gasteiger partial charge is 0.360 e. The van der Waals surface area contributed by atoms with Crippen molar-refractivity contribution in [3.05, 3.63) is 34.8 Å². The predicted octanol–water partition coefficient (Wildman–Crippen LogP) is 2.48. The van der Waals surface area contributed by atoms with E-state index in [2.05, 4.69) is 20.8 Å². The van der Waals surface area contributed by atoms with Gasteiger partial charge in [0.1, 0.15) is 0 Å². The van der Waals surface area contributed by atoms with E-state index in [-0.39, 0.29) is 10.9 Å². The Morgan fingerprint density at radius 3 is 3.05 bits per heavy atom. The fourth-order valence-electron chi connectivity index (χ4n) is 1.47. The summed E-state index contributed by atoms with van der Waals surface area (Å²) in [4.78, 5) is 12.0. The molecule has 0 atom stereocenters. The van der Waals surface area contributed by atoms with Gasteiger partial charge in [-0.2, -0.15) is 5.26 Å². The summed E-state index contributed by atoms with van der Waals surface area (Å²) in [6.07, 6.45) is 0.974. The predicted molar refractivity (Wildman–Crippen MR) is 77.8 cm³/mol. The van der Waals surface area contributed by atoms with Crippen LogP contribution in [-0.4, -0.2) is 22.6 Å². The van der Waals surface area contributed by atoms with Crippen LogP contribution in [0.15, 0.2) is 24.3 Å². The van der Waals surface area contributed by atoms with Crippen molar-refractivity contribution in [2.45, 2.75) is 13.3 Å². The number of hydrogen-bond donors (Lipinski definition) is 2. The number of carbonyl (C=O) groups excluding carboxylic acids is 1. The van der Waals surface area contributed by atoms with Crippen LogP contribution in [0.2, 0.25) is 0 Å². The van der Waals surface area contributed by atoms with Crippen LogP contribution in [0.4, 0.5) is 10.8 Å². The molecule has 0 aliphatic rings. The molecule has 1 amide bonds. The minimum Gasteiger partial charge on any atom is -0.360 e. The van der Waals surface area contributed by atoms with Crippen LogP contribution in [0.5, 0.6) is 0 Å². The van der Waals surface area contributed by atoms with Gasteiger partial charge in [-0.05, 0) is 24.6 Å². The maximum Gasteiger partial charge on any atom is 0.286 e. The van der Waals surface area contributed by atoms with Crippen molar-refractivity contribution in [1.82, 2.24) is 10.2 Å². The maximum atomic E-state index is 12.0. The number of nitriles is 1. The van der Waals surface area contributed by atoms with Crippen LogP contribution in [0, 0.1) is 11.3 Å². The highest BCUT2D eigenvalue weighted by molar-refractivity contribution is 7.17. The number of nitrogens with one attached hydrogen (secondary N) is 2. The zero-order valence-electron chi connectivity index (χ0n) is 10.9. The minimum atomic E-state index is -0.331. The molecule has 0 saturated heterocycles. The molecular weight excluding hydrogens is 274 g/mol. The van der Waals surface area contributed by atoms with Gasteiger partial charge >= 0.3 is 0 Å². The number of carbonyl (C=O) groups is 1. The molecule has 0 unspecified atom stereocenters. The summed E-state index contributed by atoms with van der Waals surface area (Å²) < 4.78 is 0. The van der Waals surface area contributed by atoms with Crippen molar-refractivity contribution in [3.63, 3.8) is 0 Å². The second-order valence-electron chi connectivity index (χ2n) is 3.99. The Morgan fingerprint density at radius 2 is 2.30 bits per heavy atom. The molecule has 20 heavy (non-hydrogen) atoms. The Labute approximate surface area is 120 Å². The molecule has 2 aromatic rings. The summed E-state index contributed by atoms with van der Waals surface area (Å²) in [5, 5.41) is 23.2. The van der Waals surface area contributed by atoms with Crippen molar-refractivity contribution in [2.75, 3.05) is 17.2 Å². The van der Waals surface area contributed by atoms with Gasteiger partial charge in [-0.1, -0.05) is 24.3 Å². The van der Waals surface area contributed by atoms with Crippen LogP contribution >= 0.6 is 11.3 Å². The lowest BCUT2D eigenvalue weighted by molar-refractivity contribution is 0.102. The molecule has 0 aliphatic heterocycles. The Morgan fingerprint density at radius 1 is 1.45 bits per heavy atom. The molecule has 0 radical (unpaired) electrons. The topological polar surface area (TPSA) is 90.7 Å². The van der Waals surface area contributed by atoms with Crippen molar-refractivity contribution >= 4 is 28.1 Å². The maximum absolute atomic E-state index is 12.0. The SMILES string of the molecule is CCCNc1nnc(C(=O)Nc2cccc(C#N)c2)s1. The summed E-state index contributed by atoms with van der Waals surface area (Å²) in [5.74, 6) is -0.331. The first kappa shape index (κ1) is 14.0. The third-order valence-corrected chi connectivity index (χ3v) is 3.27. The zero-order valence-corrected chi connectivity index (χ0v) is 11.7. The summed E-state index contributed by atoms with van der Waals surface area (Å²) in [6.45, 7) is 2.84. The van der Waals surface area contributed by atoms with Gasteiger partial charge in [0.05, 0.1) is 11.6 Å². The fraction of sp³-hybridized carbons (Fsp3) is 0.231. The Balaban J connectivity index is 2.04. The van der Waals surface area contributed by atoms with Crippen molar-refractivity contribution in [1.29, 1.82) is 5.26 Å². The average Bonchev–Trinajstić information content (AvgIpc) is 2.94. The first-order valence-corrected chi connectivity index (χ1v) is 6.93. The average molecular weight is 287 g/mol. The van der Waals surface area contributed by atoms with Gasteiger partial charge in [-0.25, -0.2) is 0 Å². The summed E-state index contributed by atoms with van der Waals surface area (Å²) in [6, 6.07) is 8.73. The number of anilines is 2. The standard InChI is InChI=1S/C13H13N5OS/c1-2-6-15-13-18-17-12(20-13)11(19)16-10-5-3-4-9(7-10)8-14/h3-5,7H,2,6H2,1H3,(H,15,18)(H,16,19). The van der Waals surface area contributed by atoms with Crippen molar-refractivity contribution < 1.29 is 4.79 Å². The normalized spacial score (nSPS) is 9.80. The molecule has 2 N–H and O–H groups in total. The number of rotatable bonds is 5. The molecule has 1 aromatic heterocycles. The Hall–Kier alpha value is -2.46. The van der Waals surface area contributed by atoms with E-state index < -0.39 is 0 Å². The quantitative estimate of drug-likeness (QED) is 0.881. The molecule has 0 fully saturated rings. The highest BCUT2D eigenvalue weighted by Gasteiger charge is 2.12. The van der Waals surface area contributed by atoms with E-state index in [4.69, 9.17) is 5.26 Å². The van der Waals surface area contributed by atoms with Crippen LogP contribution < -0.4 is 10.6 Å². The van der Waals surface area contributed by atoms with E-state index in [1.807, 2.05) is 13.0 Å². The van der Waals surface area contributed by atoms with Gasteiger partial charge < -0.3 is 10.6 Å². The Bertz CT molecular complexity index is 646. The molecular formula is C13H13N5OS. The molecule has 0 bridgehead atoms. The minimum absolute atomic E-state index is 0.283. The molecule has 1 heterocycles. The van der Waals surface area contributed by atoms with Gasteiger partial charge in [0, 0.05) is 12.2 Å². The van der Waals surface area contributed by atoms with Gasteiger partial charge in [0.25, 0.3) is 5.91 Å². The molecule has 7 heteroatoms. The van der Waals surface area contributed by atoms with E-state index in [0.717, 1.165) is 13.0 Å². The summed E-state index contributed by atoms with van der Waals surface area (Å²) in [5.41, 5.74) is 1.05. The highest BCUT2D eigenvalue weighted by atomic mass is 32.1. The second kappa shape index (κ2) is 6.63. The fourth-order valence-corrected chi connectivity index (χ4v) is 2.13. The molecule has 0 aliphatic carbocycles. The van der Waals surface area contributed by atoms with E-state index in [1.54, 1.807) is 24.3 Å². The van der Waals surface area contributed by atoms with Crippen molar-refractivity contribution in [3.8, 4) is 6.07 Å². The van der Waals surface area contributed by atoms with E-state index in [1.165, 1.54) is 11.3 Å². The third-order valence-electron chi connectivity index (χ3n) is 2.40. The van der Waals surface area contributed by atoms with Crippen LogP contribution in [0.25, 0.3) is 0 Å². The first-order chi connectivity index (χ1) is 9.72. The lowest BCUT2D eigenvalue weighted by Gasteiger charge is -2.02. The monoisotopic (exact) mass is 287 g/mol. The van der Waals surface area contributed by atoms with E-state index >= 15 is 0 Å². The number of amides is 1. The number of nitrogens with zero attached hydrogens (tertiary/aromatic N) is 3. The summed E-state index contributed by atoms with van der Waals surface area (Å²) in [7, 11) is 0. The third kappa shape index (κ3) is 3.52. The van der Waals surface area contributed by atoms with E-state index in [9.17, 15) is 4.79 Å². The molecule has 1 aromatic carbocycles.